The molecule has 0 aromatic heterocycles. The first-order chi connectivity index (χ1) is 19.6. The van der Waals surface area contributed by atoms with E-state index in [-0.39, 0.29) is 24.4 Å². The van der Waals surface area contributed by atoms with Gasteiger partial charge >= 0.3 is 11.9 Å². The summed E-state index contributed by atoms with van der Waals surface area (Å²) in [4.78, 5) is 53.4. The number of hydrogen-bond acceptors (Lipinski definition) is 11. The standard InChI is InChI=1S/C31H38O11/c1-7-14(2)24(36)41-23-20-21-27(3,13-39-20)9-8-17(33)29(21,5)22-26(38)42-31(30(22,23)6)18(34)11-16(28(31,4)12-32)15-10-19(35)40-25(15)37/h7-10,12,16,18-23,26,34-35,38H,11,13H2,1-6H3/b14-7+/t16-,18-,19?,20+,21-,22-,23+,26?,27-,28-,29-,30-,31+/m0/s1. The summed E-state index contributed by atoms with van der Waals surface area (Å²) in [6.45, 7) is 10.4. The van der Waals surface area contributed by atoms with E-state index in [4.69, 9.17) is 18.9 Å². The van der Waals surface area contributed by atoms with E-state index in [2.05, 4.69) is 0 Å². The van der Waals surface area contributed by atoms with Crippen LogP contribution in [0, 0.1) is 39.4 Å². The number of aliphatic hydroxyl groups excluding tert-OH is 3. The predicted molar refractivity (Wildman–Crippen MR) is 143 cm³/mol. The molecule has 42 heavy (non-hydrogen) atoms. The van der Waals surface area contributed by atoms with Crippen LogP contribution in [0.4, 0.5) is 0 Å². The molecule has 2 unspecified atom stereocenters. The maximum atomic E-state index is 13.9. The van der Waals surface area contributed by atoms with Crippen molar-refractivity contribution >= 4 is 24.0 Å². The molecule has 13 atom stereocenters. The molecule has 0 aromatic carbocycles. The highest BCUT2D eigenvalue weighted by Crippen LogP contribution is 2.76. The van der Waals surface area contributed by atoms with Crippen LogP contribution in [0.15, 0.2) is 35.5 Å². The predicted octanol–water partition coefficient (Wildman–Crippen LogP) is 1.14. The number of cyclic esters (lactones) is 1. The van der Waals surface area contributed by atoms with Crippen LogP contribution in [0.5, 0.6) is 0 Å². The maximum Gasteiger partial charge on any atom is 0.336 e. The molecule has 0 aromatic rings. The quantitative estimate of drug-likeness (QED) is 0.246. The molecule has 1 spiro atoms. The van der Waals surface area contributed by atoms with Gasteiger partial charge in [0.25, 0.3) is 0 Å². The summed E-state index contributed by atoms with van der Waals surface area (Å²) in [6.07, 6.45) is -0.176. The number of aliphatic hydroxyl groups is 3. The van der Waals surface area contributed by atoms with E-state index in [0.29, 0.717) is 11.9 Å². The molecule has 228 valence electrons. The summed E-state index contributed by atoms with van der Waals surface area (Å²) >= 11 is 0. The number of ketones is 1. The lowest BCUT2D eigenvalue weighted by Crippen LogP contribution is -2.74. The first-order valence-electron chi connectivity index (χ1n) is 14.4. The molecule has 3 aliphatic carbocycles. The molecule has 2 saturated carbocycles. The van der Waals surface area contributed by atoms with Gasteiger partial charge in [0.05, 0.1) is 24.2 Å². The Hall–Kier alpha value is -2.70. The van der Waals surface area contributed by atoms with Gasteiger partial charge < -0.3 is 39.1 Å². The number of hydrogen-bond donors (Lipinski definition) is 3. The fourth-order valence-electron chi connectivity index (χ4n) is 10.0. The summed E-state index contributed by atoms with van der Waals surface area (Å²) in [6, 6.07) is 0. The van der Waals surface area contributed by atoms with Crippen molar-refractivity contribution in [2.75, 3.05) is 6.61 Å². The maximum absolute atomic E-state index is 13.9. The Balaban J connectivity index is 1.62. The highest BCUT2D eigenvalue weighted by Gasteiger charge is 2.87. The number of aldehydes is 1. The third-order valence-electron chi connectivity index (χ3n) is 11.8. The SMILES string of the molecule is C/C=C(\C)C(=O)O[C@@H]1[C@@H]2OC[C@]3(C)C=CC(=O)[C@@](C)([C@@H]23)[C@@H]2C(O)O[C@@]3([C@@H](O)C[C@@H](C4=CC(O)OC4=O)[C@]3(C)C=O)[C@]12C. The molecule has 3 aliphatic heterocycles. The highest BCUT2D eigenvalue weighted by molar-refractivity contribution is 5.97. The minimum Gasteiger partial charge on any atom is -0.456 e. The number of allylic oxidation sites excluding steroid dienone is 2. The van der Waals surface area contributed by atoms with E-state index in [9.17, 15) is 34.5 Å². The van der Waals surface area contributed by atoms with Crippen molar-refractivity contribution in [1.82, 2.24) is 0 Å². The lowest BCUT2D eigenvalue weighted by molar-refractivity contribution is -0.255. The molecule has 11 nitrogen and oxygen atoms in total. The zero-order valence-corrected chi connectivity index (χ0v) is 24.5. The Kier molecular flexibility index (Phi) is 6.24. The molecule has 3 N–H and O–H groups in total. The fraction of sp³-hybridized carbons (Fsp3) is 0.677. The molecule has 6 rings (SSSR count). The number of carbonyl (C=O) groups excluding carboxylic acids is 4. The normalized spacial score (nSPS) is 52.7. The van der Waals surface area contributed by atoms with Gasteiger partial charge in [-0.1, -0.05) is 32.9 Å². The van der Waals surface area contributed by atoms with Crippen molar-refractivity contribution in [3.63, 3.8) is 0 Å². The first kappa shape index (κ1) is 29.4. The van der Waals surface area contributed by atoms with Crippen molar-refractivity contribution in [3.8, 4) is 0 Å². The van der Waals surface area contributed by atoms with E-state index >= 15 is 0 Å². The van der Waals surface area contributed by atoms with Crippen LogP contribution in [0.1, 0.15) is 48.0 Å². The van der Waals surface area contributed by atoms with E-state index in [1.807, 2.05) is 6.92 Å². The largest absolute Gasteiger partial charge is 0.456 e. The zero-order chi connectivity index (χ0) is 30.8. The van der Waals surface area contributed by atoms with Crippen molar-refractivity contribution in [1.29, 1.82) is 0 Å². The third kappa shape index (κ3) is 3.13. The second-order valence-corrected chi connectivity index (χ2v) is 13.7. The second-order valence-electron chi connectivity index (χ2n) is 13.7. The fourth-order valence-corrected chi connectivity index (χ4v) is 10.0. The molecule has 11 heteroatoms. The number of rotatable bonds is 4. The minimum atomic E-state index is -1.96. The smallest absolute Gasteiger partial charge is 0.336 e. The van der Waals surface area contributed by atoms with E-state index in [0.717, 1.165) is 0 Å². The number of fused-ring (bicyclic) bond motifs is 3. The number of ether oxygens (including phenoxy) is 4. The summed E-state index contributed by atoms with van der Waals surface area (Å²) in [5.74, 6) is -4.34. The monoisotopic (exact) mass is 586 g/mol. The van der Waals surface area contributed by atoms with E-state index in [1.54, 1.807) is 39.8 Å². The molecule has 3 heterocycles. The minimum absolute atomic E-state index is 0.00210. The Morgan fingerprint density at radius 3 is 2.40 bits per heavy atom. The van der Waals surface area contributed by atoms with Crippen molar-refractivity contribution < 1.29 is 53.4 Å². The number of carbonyl (C=O) groups is 4. The Bertz CT molecular complexity index is 1370. The van der Waals surface area contributed by atoms with Crippen LogP contribution >= 0.6 is 0 Å². The molecule has 0 radical (unpaired) electrons. The van der Waals surface area contributed by atoms with E-state index in [1.165, 1.54) is 19.1 Å². The van der Waals surface area contributed by atoms with Gasteiger partial charge in [0.2, 0.25) is 6.29 Å². The van der Waals surface area contributed by atoms with Gasteiger partial charge in [0.15, 0.2) is 12.1 Å². The van der Waals surface area contributed by atoms with Crippen molar-refractivity contribution in [3.05, 3.63) is 35.5 Å². The van der Waals surface area contributed by atoms with Crippen LogP contribution in [-0.2, 0) is 38.1 Å². The van der Waals surface area contributed by atoms with Gasteiger partial charge in [0.1, 0.15) is 18.0 Å². The zero-order valence-electron chi connectivity index (χ0n) is 24.5. The third-order valence-corrected chi connectivity index (χ3v) is 11.8. The summed E-state index contributed by atoms with van der Waals surface area (Å²) in [5.41, 5.74) is -6.90. The van der Waals surface area contributed by atoms with Gasteiger partial charge in [-0.05, 0) is 39.3 Å². The Labute approximate surface area is 243 Å². The summed E-state index contributed by atoms with van der Waals surface area (Å²) < 4.78 is 24.0. The van der Waals surface area contributed by atoms with Gasteiger partial charge in [-0.3, -0.25) is 4.79 Å². The highest BCUT2D eigenvalue weighted by atomic mass is 16.6. The molecule has 0 amide bonds. The van der Waals surface area contributed by atoms with Gasteiger partial charge in [-0.15, -0.1) is 0 Å². The topological polar surface area (TPSA) is 166 Å². The molecule has 0 bridgehead atoms. The van der Waals surface area contributed by atoms with Gasteiger partial charge in [-0.2, -0.15) is 0 Å². The molecule has 4 fully saturated rings. The lowest BCUT2D eigenvalue weighted by Gasteiger charge is -2.63. The van der Waals surface area contributed by atoms with Crippen molar-refractivity contribution in [2.24, 2.45) is 39.4 Å². The van der Waals surface area contributed by atoms with Crippen LogP contribution in [-0.4, -0.2) is 82.4 Å². The Morgan fingerprint density at radius 2 is 1.81 bits per heavy atom. The summed E-state index contributed by atoms with van der Waals surface area (Å²) in [5, 5.41) is 33.9. The summed E-state index contributed by atoms with van der Waals surface area (Å²) in [7, 11) is 0. The molecule has 2 saturated heterocycles. The molecular weight excluding hydrogens is 548 g/mol. The van der Waals surface area contributed by atoms with Crippen molar-refractivity contribution in [2.45, 2.75) is 84.5 Å². The van der Waals surface area contributed by atoms with Crippen LogP contribution in [0.3, 0.4) is 0 Å². The van der Waals surface area contributed by atoms with Crippen LogP contribution < -0.4 is 0 Å². The van der Waals surface area contributed by atoms with Crippen LogP contribution in [0.2, 0.25) is 0 Å². The Morgan fingerprint density at radius 1 is 1.12 bits per heavy atom. The average Bonchev–Trinajstić information content (AvgIpc) is 3.61. The lowest BCUT2D eigenvalue weighted by atomic mass is 9.39. The average molecular weight is 587 g/mol. The molecular formula is C31H38O11. The number of esters is 2. The van der Waals surface area contributed by atoms with Crippen LogP contribution in [0.25, 0.3) is 0 Å². The van der Waals surface area contributed by atoms with Gasteiger partial charge in [0, 0.05) is 45.1 Å². The second kappa shape index (κ2) is 8.92. The van der Waals surface area contributed by atoms with E-state index < -0.39 is 87.8 Å². The van der Waals surface area contributed by atoms with Gasteiger partial charge in [-0.25, -0.2) is 9.59 Å². The first-order valence-corrected chi connectivity index (χ1v) is 14.4. The molecule has 6 aliphatic rings.